The number of carbonyl (C=O) groups excluding carboxylic acids is 3. The maximum Gasteiger partial charge on any atom is 0.306 e. The molecule has 6 heteroatoms. The summed E-state index contributed by atoms with van der Waals surface area (Å²) in [5.41, 5.74) is 0. The van der Waals surface area contributed by atoms with Crippen LogP contribution in [0, 0.1) is 11.8 Å². The number of unbranched alkanes of at least 4 members (excludes halogenated alkanes) is 39. The standard InChI is InChI=1S/C60H116O6/c1-6-7-8-9-10-11-12-13-14-15-18-22-25-32-37-42-47-52-60(63)66-57(54-65-59(62)51-46-41-36-31-27-26-29-34-39-44-49-56(4)5)53-64-58(61)50-45-40-35-30-24-21-19-16-17-20-23-28-33-38-43-48-55(2)3/h55-57H,6-54H2,1-5H3/t57-/m0/s1. The molecule has 1 atom stereocenters. The minimum atomic E-state index is -0.763. The molecule has 0 saturated heterocycles. The van der Waals surface area contributed by atoms with Gasteiger partial charge in [-0.1, -0.05) is 298 Å². The van der Waals surface area contributed by atoms with E-state index in [-0.39, 0.29) is 31.1 Å². The average molecular weight is 934 g/mol. The first-order chi connectivity index (χ1) is 32.2. The summed E-state index contributed by atoms with van der Waals surface area (Å²) in [5.74, 6) is 0.830. The summed E-state index contributed by atoms with van der Waals surface area (Å²) < 4.78 is 16.9. The molecule has 6 nitrogen and oxygen atoms in total. The maximum atomic E-state index is 12.9. The molecule has 0 aromatic carbocycles. The Bertz CT molecular complexity index is 1010. The molecule has 0 saturated carbocycles. The summed E-state index contributed by atoms with van der Waals surface area (Å²) >= 11 is 0. The van der Waals surface area contributed by atoms with Crippen LogP contribution in [0.4, 0.5) is 0 Å². The van der Waals surface area contributed by atoms with E-state index in [1.54, 1.807) is 0 Å². The topological polar surface area (TPSA) is 78.9 Å². The van der Waals surface area contributed by atoms with Gasteiger partial charge in [-0.05, 0) is 31.1 Å². The smallest absolute Gasteiger partial charge is 0.306 e. The molecule has 0 aromatic heterocycles. The van der Waals surface area contributed by atoms with Gasteiger partial charge in [-0.25, -0.2) is 0 Å². The highest BCUT2D eigenvalue weighted by atomic mass is 16.6. The molecule has 392 valence electrons. The summed E-state index contributed by atoms with van der Waals surface area (Å²) in [6, 6.07) is 0. The Labute approximate surface area is 412 Å². The SMILES string of the molecule is CCCCCCCCCCCCCCCCCCCC(=O)O[C@@H](COC(=O)CCCCCCCCCCCCCCCCCC(C)C)COC(=O)CCCCCCCCCCCCC(C)C. The van der Waals surface area contributed by atoms with Crippen molar-refractivity contribution >= 4 is 17.9 Å². The van der Waals surface area contributed by atoms with E-state index < -0.39 is 6.10 Å². The molecule has 0 aliphatic heterocycles. The van der Waals surface area contributed by atoms with Crippen LogP contribution in [-0.4, -0.2) is 37.2 Å². The molecule has 0 heterocycles. The maximum absolute atomic E-state index is 12.9. The van der Waals surface area contributed by atoms with E-state index in [1.807, 2.05) is 0 Å². The first-order valence-corrected chi connectivity index (χ1v) is 29.7. The Morgan fingerprint density at radius 3 is 0.742 bits per heavy atom. The molecular formula is C60H116O6. The number of carbonyl (C=O) groups is 3. The molecule has 0 N–H and O–H groups in total. The third kappa shape index (κ3) is 53.4. The van der Waals surface area contributed by atoms with Gasteiger partial charge in [0.25, 0.3) is 0 Å². The lowest BCUT2D eigenvalue weighted by Gasteiger charge is -2.18. The van der Waals surface area contributed by atoms with Crippen molar-refractivity contribution in [1.82, 2.24) is 0 Å². The highest BCUT2D eigenvalue weighted by molar-refractivity contribution is 5.71. The number of ether oxygens (including phenoxy) is 3. The molecular weight excluding hydrogens is 817 g/mol. The second kappa shape index (κ2) is 52.8. The normalized spacial score (nSPS) is 12.0. The van der Waals surface area contributed by atoms with Crippen molar-refractivity contribution in [1.29, 1.82) is 0 Å². The summed E-state index contributed by atoms with van der Waals surface area (Å²) in [6.07, 6.45) is 56.7. The van der Waals surface area contributed by atoms with Gasteiger partial charge in [-0.15, -0.1) is 0 Å². The Morgan fingerprint density at radius 2 is 0.500 bits per heavy atom. The van der Waals surface area contributed by atoms with E-state index in [2.05, 4.69) is 34.6 Å². The number of esters is 3. The zero-order valence-electron chi connectivity index (χ0n) is 45.3. The quantitative estimate of drug-likeness (QED) is 0.0343. The van der Waals surface area contributed by atoms with Crippen molar-refractivity contribution in [2.24, 2.45) is 11.8 Å². The molecule has 0 aliphatic rings. The van der Waals surface area contributed by atoms with Crippen molar-refractivity contribution in [3.8, 4) is 0 Å². The van der Waals surface area contributed by atoms with Gasteiger partial charge in [-0.2, -0.15) is 0 Å². The van der Waals surface area contributed by atoms with E-state index in [1.165, 1.54) is 225 Å². The molecule has 0 spiro atoms. The molecule has 0 amide bonds. The zero-order valence-corrected chi connectivity index (χ0v) is 45.3. The highest BCUT2D eigenvalue weighted by Gasteiger charge is 2.19. The molecule has 66 heavy (non-hydrogen) atoms. The predicted molar refractivity (Wildman–Crippen MR) is 284 cm³/mol. The molecule has 0 unspecified atom stereocenters. The van der Waals surface area contributed by atoms with Crippen LogP contribution in [0.1, 0.15) is 336 Å². The van der Waals surface area contributed by atoms with Crippen LogP contribution in [0.5, 0.6) is 0 Å². The lowest BCUT2D eigenvalue weighted by atomic mass is 10.0. The summed E-state index contributed by atoms with van der Waals surface area (Å²) in [6.45, 7) is 11.4. The van der Waals surface area contributed by atoms with Crippen LogP contribution in [0.2, 0.25) is 0 Å². The van der Waals surface area contributed by atoms with Gasteiger partial charge in [-0.3, -0.25) is 14.4 Å². The van der Waals surface area contributed by atoms with Gasteiger partial charge in [0.15, 0.2) is 6.10 Å². The second-order valence-corrected chi connectivity index (χ2v) is 21.6. The van der Waals surface area contributed by atoms with Crippen molar-refractivity contribution in [2.75, 3.05) is 13.2 Å². The van der Waals surface area contributed by atoms with Crippen LogP contribution in [-0.2, 0) is 28.6 Å². The van der Waals surface area contributed by atoms with Crippen LogP contribution >= 0.6 is 0 Å². The van der Waals surface area contributed by atoms with E-state index >= 15 is 0 Å². The van der Waals surface area contributed by atoms with E-state index in [4.69, 9.17) is 14.2 Å². The largest absolute Gasteiger partial charge is 0.462 e. The van der Waals surface area contributed by atoms with Gasteiger partial charge in [0.1, 0.15) is 13.2 Å². The Hall–Kier alpha value is -1.59. The summed E-state index contributed by atoms with van der Waals surface area (Å²) in [4.78, 5) is 38.2. The van der Waals surface area contributed by atoms with Crippen LogP contribution < -0.4 is 0 Å². The lowest BCUT2D eigenvalue weighted by molar-refractivity contribution is -0.167. The van der Waals surface area contributed by atoms with Crippen molar-refractivity contribution in [3.63, 3.8) is 0 Å². The van der Waals surface area contributed by atoms with Gasteiger partial charge in [0.05, 0.1) is 0 Å². The predicted octanol–water partition coefficient (Wildman–Crippen LogP) is 19.7. The fourth-order valence-corrected chi connectivity index (χ4v) is 9.23. The fourth-order valence-electron chi connectivity index (χ4n) is 9.23. The molecule has 0 radical (unpaired) electrons. The van der Waals surface area contributed by atoms with Crippen LogP contribution in [0.3, 0.4) is 0 Å². The Balaban J connectivity index is 4.28. The first-order valence-electron chi connectivity index (χ1n) is 29.7. The van der Waals surface area contributed by atoms with Crippen LogP contribution in [0.25, 0.3) is 0 Å². The molecule has 0 fully saturated rings. The number of hydrogen-bond acceptors (Lipinski definition) is 6. The van der Waals surface area contributed by atoms with E-state index in [9.17, 15) is 14.4 Å². The molecule has 0 aromatic rings. The number of hydrogen-bond donors (Lipinski definition) is 0. The molecule has 0 rings (SSSR count). The third-order valence-corrected chi connectivity index (χ3v) is 13.7. The van der Waals surface area contributed by atoms with Crippen molar-refractivity contribution in [3.05, 3.63) is 0 Å². The second-order valence-electron chi connectivity index (χ2n) is 21.6. The zero-order chi connectivity index (χ0) is 48.2. The summed E-state index contributed by atoms with van der Waals surface area (Å²) in [5, 5.41) is 0. The molecule has 0 aliphatic carbocycles. The fraction of sp³-hybridized carbons (Fsp3) is 0.950. The number of rotatable bonds is 54. The minimum Gasteiger partial charge on any atom is -0.462 e. The lowest BCUT2D eigenvalue weighted by Crippen LogP contribution is -2.30. The van der Waals surface area contributed by atoms with Crippen molar-refractivity contribution < 1.29 is 28.6 Å². The van der Waals surface area contributed by atoms with Gasteiger partial charge in [0.2, 0.25) is 0 Å². The monoisotopic (exact) mass is 933 g/mol. The Morgan fingerprint density at radius 1 is 0.288 bits per heavy atom. The average Bonchev–Trinajstić information content (AvgIpc) is 3.29. The minimum absolute atomic E-state index is 0.0626. The van der Waals surface area contributed by atoms with Gasteiger partial charge in [0, 0.05) is 19.3 Å². The summed E-state index contributed by atoms with van der Waals surface area (Å²) in [7, 11) is 0. The first kappa shape index (κ1) is 64.4. The molecule has 0 bridgehead atoms. The van der Waals surface area contributed by atoms with Crippen molar-refractivity contribution in [2.45, 2.75) is 343 Å². The third-order valence-electron chi connectivity index (χ3n) is 13.7. The van der Waals surface area contributed by atoms with E-state index in [0.29, 0.717) is 19.3 Å². The highest BCUT2D eigenvalue weighted by Crippen LogP contribution is 2.18. The van der Waals surface area contributed by atoms with E-state index in [0.717, 1.165) is 69.6 Å². The van der Waals surface area contributed by atoms with Gasteiger partial charge < -0.3 is 14.2 Å². The Kier molecular flexibility index (Phi) is 51.5. The van der Waals surface area contributed by atoms with Crippen LogP contribution in [0.15, 0.2) is 0 Å². The van der Waals surface area contributed by atoms with Gasteiger partial charge >= 0.3 is 17.9 Å².